The topological polar surface area (TPSA) is 72.1 Å². The first-order valence-corrected chi connectivity index (χ1v) is 8.85. The van der Waals surface area contributed by atoms with Gasteiger partial charge >= 0.3 is 0 Å². The number of thiazole rings is 1. The summed E-state index contributed by atoms with van der Waals surface area (Å²) in [6.45, 7) is 1.51. The van der Waals surface area contributed by atoms with Gasteiger partial charge in [0.2, 0.25) is 5.91 Å². The van der Waals surface area contributed by atoms with Gasteiger partial charge in [-0.25, -0.2) is 9.97 Å². The molecule has 1 aromatic carbocycles. The van der Waals surface area contributed by atoms with Crippen molar-refractivity contribution in [2.75, 3.05) is 18.8 Å². The van der Waals surface area contributed by atoms with Crippen LogP contribution in [-0.2, 0) is 11.2 Å². The van der Waals surface area contributed by atoms with Crippen LogP contribution in [-0.4, -0.2) is 33.9 Å². The van der Waals surface area contributed by atoms with Crippen LogP contribution in [0.1, 0.15) is 23.6 Å². The summed E-state index contributed by atoms with van der Waals surface area (Å²) in [4.78, 5) is 23.3. The van der Waals surface area contributed by atoms with Gasteiger partial charge in [-0.1, -0.05) is 41.7 Å². The number of anilines is 1. The van der Waals surface area contributed by atoms with Crippen molar-refractivity contribution < 1.29 is 4.79 Å². The third-order valence-corrected chi connectivity index (χ3v) is 5.29. The number of aromatic nitrogens is 2. The number of likely N-dealkylation sites (tertiary alicyclic amines) is 1. The quantitative estimate of drug-likeness (QED) is 0.797. The third kappa shape index (κ3) is 2.97. The van der Waals surface area contributed by atoms with E-state index in [0.29, 0.717) is 17.2 Å². The molecule has 24 heavy (non-hydrogen) atoms. The minimum Gasteiger partial charge on any atom is -0.375 e. The molecule has 2 aromatic heterocycles. The van der Waals surface area contributed by atoms with Crippen LogP contribution in [0.15, 0.2) is 42.5 Å². The average molecular weight is 338 g/mol. The van der Waals surface area contributed by atoms with Crippen molar-refractivity contribution in [3.05, 3.63) is 53.7 Å². The summed E-state index contributed by atoms with van der Waals surface area (Å²) in [7, 11) is 0. The van der Waals surface area contributed by atoms with Gasteiger partial charge in [-0.15, -0.1) is 0 Å². The second kappa shape index (κ2) is 6.20. The number of hydrogen-bond acceptors (Lipinski definition) is 5. The Kier molecular flexibility index (Phi) is 3.90. The molecule has 1 aliphatic heterocycles. The van der Waals surface area contributed by atoms with Gasteiger partial charge in [-0.05, 0) is 24.1 Å². The fraction of sp³-hybridized carbons (Fsp3) is 0.278. The standard InChI is InChI=1S/C18H18N4OS/c19-18-21-17-15(24-18)7-6-14(20-17)13-8-9-22(11-13)16(23)10-12-4-2-1-3-5-12/h1-7,13H,8-11H2,(H2,19,20,21). The van der Waals surface area contributed by atoms with Crippen LogP contribution in [0.2, 0.25) is 0 Å². The molecule has 1 aliphatic rings. The molecular weight excluding hydrogens is 320 g/mol. The molecule has 1 unspecified atom stereocenters. The van der Waals surface area contributed by atoms with Gasteiger partial charge in [-0.3, -0.25) is 4.79 Å². The van der Waals surface area contributed by atoms with E-state index in [9.17, 15) is 4.79 Å². The highest BCUT2D eigenvalue weighted by Crippen LogP contribution is 2.29. The SMILES string of the molecule is Nc1nc2nc(C3CCN(C(=O)Cc4ccccc4)C3)ccc2s1. The Morgan fingerprint density at radius 1 is 1.21 bits per heavy atom. The Morgan fingerprint density at radius 3 is 2.88 bits per heavy atom. The fourth-order valence-corrected chi connectivity index (χ4v) is 3.86. The zero-order chi connectivity index (χ0) is 16.5. The number of nitrogens with two attached hydrogens (primary N) is 1. The lowest BCUT2D eigenvalue weighted by atomic mass is 10.0. The first-order chi connectivity index (χ1) is 11.7. The molecule has 0 radical (unpaired) electrons. The average Bonchev–Trinajstić information content (AvgIpc) is 3.20. The van der Waals surface area contributed by atoms with Crippen molar-refractivity contribution in [2.24, 2.45) is 0 Å². The van der Waals surface area contributed by atoms with E-state index in [2.05, 4.69) is 9.97 Å². The smallest absolute Gasteiger partial charge is 0.227 e. The second-order valence-electron chi connectivity index (χ2n) is 6.10. The number of nitrogens with zero attached hydrogens (tertiary/aromatic N) is 3. The largest absolute Gasteiger partial charge is 0.375 e. The summed E-state index contributed by atoms with van der Waals surface area (Å²) < 4.78 is 1.01. The molecule has 1 atom stereocenters. The summed E-state index contributed by atoms with van der Waals surface area (Å²) in [6, 6.07) is 14.0. The Labute approximate surface area is 144 Å². The number of fused-ring (bicyclic) bond motifs is 1. The van der Waals surface area contributed by atoms with Crippen LogP contribution in [0.3, 0.4) is 0 Å². The van der Waals surface area contributed by atoms with Gasteiger partial charge in [-0.2, -0.15) is 0 Å². The van der Waals surface area contributed by atoms with Crippen molar-refractivity contribution in [1.82, 2.24) is 14.9 Å². The van der Waals surface area contributed by atoms with E-state index in [1.165, 1.54) is 11.3 Å². The Balaban J connectivity index is 1.46. The number of pyridine rings is 1. The first kappa shape index (κ1) is 15.1. The van der Waals surface area contributed by atoms with Crippen molar-refractivity contribution in [3.63, 3.8) is 0 Å². The molecule has 3 heterocycles. The van der Waals surface area contributed by atoms with Crippen LogP contribution in [0, 0.1) is 0 Å². The summed E-state index contributed by atoms with van der Waals surface area (Å²) in [6.07, 6.45) is 1.40. The zero-order valence-electron chi connectivity index (χ0n) is 13.2. The molecule has 4 rings (SSSR count). The molecule has 2 N–H and O–H groups in total. The number of rotatable bonds is 3. The summed E-state index contributed by atoms with van der Waals surface area (Å²) in [5.74, 6) is 0.458. The Bertz CT molecular complexity index is 877. The molecular formula is C18H18N4OS. The van der Waals surface area contributed by atoms with E-state index >= 15 is 0 Å². The van der Waals surface area contributed by atoms with Crippen LogP contribution in [0.5, 0.6) is 0 Å². The van der Waals surface area contributed by atoms with Gasteiger partial charge in [0.25, 0.3) is 0 Å². The lowest BCUT2D eigenvalue weighted by Crippen LogP contribution is -2.29. The van der Waals surface area contributed by atoms with Crippen molar-refractivity contribution >= 4 is 32.7 Å². The number of carbonyl (C=O) groups is 1. The maximum Gasteiger partial charge on any atom is 0.227 e. The van der Waals surface area contributed by atoms with E-state index in [1.54, 1.807) is 0 Å². The molecule has 0 saturated carbocycles. The highest BCUT2D eigenvalue weighted by molar-refractivity contribution is 7.21. The molecule has 5 nitrogen and oxygen atoms in total. The summed E-state index contributed by atoms with van der Waals surface area (Å²) >= 11 is 1.45. The Morgan fingerprint density at radius 2 is 2.04 bits per heavy atom. The number of hydrogen-bond donors (Lipinski definition) is 1. The molecule has 3 aromatic rings. The third-order valence-electron chi connectivity index (χ3n) is 4.45. The second-order valence-corrected chi connectivity index (χ2v) is 7.16. The summed E-state index contributed by atoms with van der Waals surface area (Å²) in [5.41, 5.74) is 8.52. The van der Waals surface area contributed by atoms with E-state index in [4.69, 9.17) is 5.73 Å². The molecule has 0 aliphatic carbocycles. The number of amides is 1. The lowest BCUT2D eigenvalue weighted by molar-refractivity contribution is -0.129. The van der Waals surface area contributed by atoms with Crippen molar-refractivity contribution in [3.8, 4) is 0 Å². The first-order valence-electron chi connectivity index (χ1n) is 8.04. The molecule has 6 heteroatoms. The maximum atomic E-state index is 12.5. The molecule has 1 amide bonds. The fourth-order valence-electron chi connectivity index (χ4n) is 3.19. The van der Waals surface area contributed by atoms with Gasteiger partial charge in [0.15, 0.2) is 10.8 Å². The monoisotopic (exact) mass is 338 g/mol. The van der Waals surface area contributed by atoms with Gasteiger partial charge in [0, 0.05) is 24.7 Å². The van der Waals surface area contributed by atoms with Crippen molar-refractivity contribution in [1.29, 1.82) is 0 Å². The van der Waals surface area contributed by atoms with Crippen LogP contribution in [0.25, 0.3) is 10.3 Å². The van der Waals surface area contributed by atoms with Gasteiger partial charge < -0.3 is 10.6 Å². The summed E-state index contributed by atoms with van der Waals surface area (Å²) in [5, 5.41) is 0.542. The minimum absolute atomic E-state index is 0.183. The van der Waals surface area contributed by atoms with Crippen molar-refractivity contribution in [2.45, 2.75) is 18.8 Å². The molecule has 1 fully saturated rings. The number of benzene rings is 1. The van der Waals surface area contributed by atoms with Gasteiger partial charge in [0.1, 0.15) is 0 Å². The predicted octanol–water partition coefficient (Wildman–Crippen LogP) is 2.83. The van der Waals surface area contributed by atoms with E-state index < -0.39 is 0 Å². The van der Waals surface area contributed by atoms with E-state index in [1.807, 2.05) is 47.4 Å². The molecule has 122 valence electrons. The van der Waals surface area contributed by atoms with Gasteiger partial charge in [0.05, 0.1) is 11.1 Å². The highest BCUT2D eigenvalue weighted by atomic mass is 32.1. The number of carbonyl (C=O) groups excluding carboxylic acids is 1. The number of nitrogen functional groups attached to an aromatic ring is 1. The van der Waals surface area contributed by atoms with Crippen LogP contribution < -0.4 is 5.73 Å². The molecule has 0 spiro atoms. The van der Waals surface area contributed by atoms with Crippen LogP contribution >= 0.6 is 11.3 Å². The zero-order valence-corrected chi connectivity index (χ0v) is 14.0. The van der Waals surface area contributed by atoms with Crippen LogP contribution in [0.4, 0.5) is 5.13 Å². The highest BCUT2D eigenvalue weighted by Gasteiger charge is 2.28. The normalized spacial score (nSPS) is 17.5. The predicted molar refractivity (Wildman–Crippen MR) is 95.9 cm³/mol. The Hall–Kier alpha value is -2.47. The maximum absolute atomic E-state index is 12.5. The van der Waals surface area contributed by atoms with E-state index in [-0.39, 0.29) is 11.8 Å². The van der Waals surface area contributed by atoms with E-state index in [0.717, 1.165) is 35.5 Å². The lowest BCUT2D eigenvalue weighted by Gasteiger charge is -2.16. The minimum atomic E-state index is 0.183. The molecule has 1 saturated heterocycles. The molecule has 0 bridgehead atoms.